The summed E-state index contributed by atoms with van der Waals surface area (Å²) in [7, 11) is 0. The van der Waals surface area contributed by atoms with E-state index >= 15 is 0 Å². The standard InChI is InChI=1S/C14H19N3O/c18-13-6-3-7-17(10-13)14-15-8-12(9-16-14)11-4-1-2-5-11/h8-9,11H,1-7,10H2. The van der Waals surface area contributed by atoms with Crippen LogP contribution in [0.5, 0.6) is 0 Å². The van der Waals surface area contributed by atoms with E-state index in [1.165, 1.54) is 31.2 Å². The number of hydrogen-bond donors (Lipinski definition) is 0. The Bertz CT molecular complexity index is 423. The highest BCUT2D eigenvalue weighted by Gasteiger charge is 2.21. The normalized spacial score (nSPS) is 21.6. The lowest BCUT2D eigenvalue weighted by Gasteiger charge is -2.25. The Morgan fingerprint density at radius 3 is 2.50 bits per heavy atom. The van der Waals surface area contributed by atoms with Crippen LogP contribution >= 0.6 is 0 Å². The monoisotopic (exact) mass is 245 g/mol. The molecule has 1 aromatic heterocycles. The molecule has 1 saturated heterocycles. The smallest absolute Gasteiger partial charge is 0.225 e. The first-order valence-electron chi connectivity index (χ1n) is 6.91. The number of piperidine rings is 1. The van der Waals surface area contributed by atoms with Gasteiger partial charge in [0.25, 0.3) is 0 Å². The van der Waals surface area contributed by atoms with Crippen LogP contribution in [0.15, 0.2) is 12.4 Å². The quantitative estimate of drug-likeness (QED) is 0.802. The van der Waals surface area contributed by atoms with Crippen LogP contribution in [0.1, 0.15) is 50.0 Å². The van der Waals surface area contributed by atoms with Crippen molar-refractivity contribution >= 4 is 11.7 Å². The summed E-state index contributed by atoms with van der Waals surface area (Å²) in [4.78, 5) is 22.3. The van der Waals surface area contributed by atoms with Crippen molar-refractivity contribution in [2.45, 2.75) is 44.4 Å². The van der Waals surface area contributed by atoms with Gasteiger partial charge in [-0.2, -0.15) is 0 Å². The van der Waals surface area contributed by atoms with E-state index in [1.54, 1.807) is 0 Å². The predicted molar refractivity (Wildman–Crippen MR) is 69.7 cm³/mol. The van der Waals surface area contributed by atoms with Gasteiger partial charge in [-0.15, -0.1) is 0 Å². The third-order valence-electron chi connectivity index (χ3n) is 4.02. The fraction of sp³-hybridized carbons (Fsp3) is 0.643. The van der Waals surface area contributed by atoms with Crippen LogP contribution in [-0.4, -0.2) is 28.8 Å². The molecule has 1 aliphatic heterocycles. The highest BCUT2D eigenvalue weighted by Crippen LogP contribution is 2.33. The second-order valence-corrected chi connectivity index (χ2v) is 5.36. The van der Waals surface area contributed by atoms with Crippen molar-refractivity contribution in [2.24, 2.45) is 0 Å². The number of nitrogens with zero attached hydrogens (tertiary/aromatic N) is 3. The largest absolute Gasteiger partial charge is 0.333 e. The van der Waals surface area contributed by atoms with E-state index < -0.39 is 0 Å². The Hall–Kier alpha value is -1.45. The fourth-order valence-corrected chi connectivity index (χ4v) is 2.97. The number of aromatic nitrogens is 2. The average Bonchev–Trinajstić information content (AvgIpc) is 2.93. The van der Waals surface area contributed by atoms with Gasteiger partial charge in [0, 0.05) is 25.4 Å². The molecule has 2 aliphatic rings. The van der Waals surface area contributed by atoms with E-state index in [-0.39, 0.29) is 0 Å². The molecule has 4 heteroatoms. The fourth-order valence-electron chi connectivity index (χ4n) is 2.97. The number of carbonyl (C=O) groups is 1. The summed E-state index contributed by atoms with van der Waals surface area (Å²) in [6.45, 7) is 1.37. The van der Waals surface area contributed by atoms with E-state index in [4.69, 9.17) is 0 Å². The van der Waals surface area contributed by atoms with Crippen LogP contribution in [0, 0.1) is 0 Å². The SMILES string of the molecule is O=C1CCCN(c2ncc(C3CCCC3)cn2)C1. The van der Waals surface area contributed by atoms with Crippen molar-refractivity contribution in [1.82, 2.24) is 9.97 Å². The van der Waals surface area contributed by atoms with Crippen molar-refractivity contribution in [3.05, 3.63) is 18.0 Å². The summed E-state index contributed by atoms with van der Waals surface area (Å²) in [5.74, 6) is 1.66. The topological polar surface area (TPSA) is 46.1 Å². The summed E-state index contributed by atoms with van der Waals surface area (Å²) < 4.78 is 0. The number of hydrogen-bond acceptors (Lipinski definition) is 4. The van der Waals surface area contributed by atoms with Crippen LogP contribution in [0.3, 0.4) is 0 Å². The minimum atomic E-state index is 0.296. The number of carbonyl (C=O) groups excluding carboxylic acids is 1. The van der Waals surface area contributed by atoms with Crippen LogP contribution in [-0.2, 0) is 4.79 Å². The lowest BCUT2D eigenvalue weighted by Crippen LogP contribution is -2.36. The Morgan fingerprint density at radius 2 is 1.83 bits per heavy atom. The summed E-state index contributed by atoms with van der Waals surface area (Å²) in [5, 5.41) is 0. The molecule has 0 unspecified atom stereocenters. The maximum absolute atomic E-state index is 11.4. The minimum absolute atomic E-state index is 0.296. The molecule has 2 heterocycles. The van der Waals surface area contributed by atoms with Crippen molar-refractivity contribution < 1.29 is 4.79 Å². The van der Waals surface area contributed by atoms with E-state index in [2.05, 4.69) is 9.97 Å². The summed E-state index contributed by atoms with van der Waals surface area (Å²) in [5.41, 5.74) is 1.26. The predicted octanol–water partition coefficient (Wildman–Crippen LogP) is 2.30. The van der Waals surface area contributed by atoms with Gasteiger partial charge >= 0.3 is 0 Å². The van der Waals surface area contributed by atoms with E-state index in [0.717, 1.165) is 13.0 Å². The van der Waals surface area contributed by atoms with E-state index in [9.17, 15) is 4.79 Å². The van der Waals surface area contributed by atoms with Gasteiger partial charge < -0.3 is 4.90 Å². The van der Waals surface area contributed by atoms with Crippen LogP contribution in [0.4, 0.5) is 5.95 Å². The first-order valence-corrected chi connectivity index (χ1v) is 6.91. The van der Waals surface area contributed by atoms with Crippen molar-refractivity contribution in [3.63, 3.8) is 0 Å². The summed E-state index contributed by atoms with van der Waals surface area (Å²) >= 11 is 0. The molecule has 0 aromatic carbocycles. The van der Waals surface area contributed by atoms with Gasteiger partial charge in [0.15, 0.2) is 5.78 Å². The Morgan fingerprint density at radius 1 is 1.11 bits per heavy atom. The molecule has 0 bridgehead atoms. The van der Waals surface area contributed by atoms with Crippen molar-refractivity contribution in [1.29, 1.82) is 0 Å². The lowest BCUT2D eigenvalue weighted by atomic mass is 10.0. The number of rotatable bonds is 2. The third kappa shape index (κ3) is 2.37. The molecule has 3 rings (SSSR count). The molecular formula is C14H19N3O. The summed E-state index contributed by atoms with van der Waals surface area (Å²) in [6.07, 6.45) is 10.7. The minimum Gasteiger partial charge on any atom is -0.333 e. The Kier molecular flexibility index (Phi) is 3.26. The van der Waals surface area contributed by atoms with Gasteiger partial charge in [-0.05, 0) is 30.7 Å². The second kappa shape index (κ2) is 5.04. The second-order valence-electron chi connectivity index (χ2n) is 5.36. The van der Waals surface area contributed by atoms with Gasteiger partial charge in [0.05, 0.1) is 6.54 Å². The maximum Gasteiger partial charge on any atom is 0.225 e. The van der Waals surface area contributed by atoms with E-state index in [0.29, 0.717) is 30.6 Å². The van der Waals surface area contributed by atoms with Gasteiger partial charge in [-0.1, -0.05) is 12.8 Å². The Labute approximate surface area is 107 Å². The van der Waals surface area contributed by atoms with Crippen LogP contribution in [0.25, 0.3) is 0 Å². The molecule has 0 radical (unpaired) electrons. The zero-order chi connectivity index (χ0) is 12.4. The van der Waals surface area contributed by atoms with Gasteiger partial charge in [0.1, 0.15) is 0 Å². The van der Waals surface area contributed by atoms with Gasteiger partial charge in [-0.25, -0.2) is 9.97 Å². The molecule has 0 amide bonds. The molecule has 2 fully saturated rings. The molecule has 4 nitrogen and oxygen atoms in total. The average molecular weight is 245 g/mol. The van der Waals surface area contributed by atoms with Crippen LogP contribution in [0.2, 0.25) is 0 Å². The lowest BCUT2D eigenvalue weighted by molar-refractivity contribution is -0.118. The molecule has 1 aliphatic carbocycles. The molecule has 0 N–H and O–H groups in total. The zero-order valence-electron chi connectivity index (χ0n) is 10.6. The highest BCUT2D eigenvalue weighted by molar-refractivity contribution is 5.84. The highest BCUT2D eigenvalue weighted by atomic mass is 16.1. The first kappa shape index (κ1) is 11.6. The third-order valence-corrected chi connectivity index (χ3v) is 4.02. The molecule has 18 heavy (non-hydrogen) atoms. The molecule has 0 spiro atoms. The molecule has 1 aromatic rings. The van der Waals surface area contributed by atoms with E-state index in [1.807, 2.05) is 17.3 Å². The summed E-state index contributed by atoms with van der Waals surface area (Å²) in [6, 6.07) is 0. The maximum atomic E-state index is 11.4. The molecule has 96 valence electrons. The number of anilines is 1. The van der Waals surface area contributed by atoms with Gasteiger partial charge in [-0.3, -0.25) is 4.79 Å². The Balaban J connectivity index is 1.71. The molecule has 0 atom stereocenters. The number of Topliss-reactive ketones (excluding diaryl/α,β-unsaturated/α-hetero) is 1. The van der Waals surface area contributed by atoms with Crippen molar-refractivity contribution in [3.8, 4) is 0 Å². The van der Waals surface area contributed by atoms with Gasteiger partial charge in [0.2, 0.25) is 5.95 Å². The first-order chi connectivity index (χ1) is 8.83. The molecule has 1 saturated carbocycles. The zero-order valence-corrected chi connectivity index (χ0v) is 10.6. The van der Waals surface area contributed by atoms with Crippen LogP contribution < -0.4 is 4.90 Å². The van der Waals surface area contributed by atoms with Crippen molar-refractivity contribution in [2.75, 3.05) is 18.0 Å². The number of ketones is 1. The molecular weight excluding hydrogens is 226 g/mol.